The summed E-state index contributed by atoms with van der Waals surface area (Å²) < 4.78 is 5.01. The first-order valence-corrected chi connectivity index (χ1v) is 4.93. The number of rotatable bonds is 3. The molecule has 0 aromatic carbocycles. The number of hydrogen-bond donors (Lipinski definition) is 0. The van der Waals surface area contributed by atoms with Crippen LogP contribution in [0.1, 0.15) is 33.6 Å². The summed E-state index contributed by atoms with van der Waals surface area (Å²) >= 11 is 0. The highest BCUT2D eigenvalue weighted by Gasteiger charge is 2.43. The van der Waals surface area contributed by atoms with Crippen LogP contribution in [0.2, 0.25) is 0 Å². The summed E-state index contributed by atoms with van der Waals surface area (Å²) in [6, 6.07) is 0. The molecular formula is C11H15NO3. The Morgan fingerprint density at radius 1 is 1.87 bits per heavy atom. The number of hydrogen-bond acceptors (Lipinski definition) is 4. The molecule has 0 bridgehead atoms. The predicted octanol–water partition coefficient (Wildman–Crippen LogP) is 1.50. The highest BCUT2D eigenvalue weighted by Crippen LogP contribution is 2.26. The molecule has 0 amide bonds. The van der Waals surface area contributed by atoms with Crippen molar-refractivity contribution in [2.75, 3.05) is 0 Å². The Hall–Kier alpha value is -1.50. The van der Waals surface area contributed by atoms with Gasteiger partial charge in [0.1, 0.15) is 0 Å². The van der Waals surface area contributed by atoms with Crippen molar-refractivity contribution in [1.29, 1.82) is 0 Å². The molecule has 0 spiro atoms. The van der Waals surface area contributed by atoms with Gasteiger partial charge in [-0.15, -0.1) is 6.42 Å². The smallest absolute Gasteiger partial charge is 0.354 e. The van der Waals surface area contributed by atoms with Crippen molar-refractivity contribution >= 4 is 11.7 Å². The maximum Gasteiger partial charge on any atom is 0.354 e. The number of carbonyl (C=O) groups is 1. The van der Waals surface area contributed by atoms with Crippen LogP contribution in [-0.4, -0.2) is 23.4 Å². The van der Waals surface area contributed by atoms with Gasteiger partial charge in [0, 0.05) is 6.42 Å². The zero-order valence-electron chi connectivity index (χ0n) is 9.24. The molecule has 4 heteroatoms. The van der Waals surface area contributed by atoms with E-state index >= 15 is 0 Å². The van der Waals surface area contributed by atoms with Crippen LogP contribution in [0.3, 0.4) is 0 Å². The zero-order chi connectivity index (χ0) is 11.5. The van der Waals surface area contributed by atoms with Crippen molar-refractivity contribution in [3.63, 3.8) is 0 Å². The molecule has 2 unspecified atom stereocenters. The van der Waals surface area contributed by atoms with Gasteiger partial charge in [0.05, 0.1) is 5.71 Å². The number of ether oxygens (including phenoxy) is 1. The fourth-order valence-corrected chi connectivity index (χ4v) is 1.24. The SMILES string of the molecule is C#CC(C)OC(=O)C1(C)CC(CC)=NO1. The molecule has 0 aromatic rings. The van der Waals surface area contributed by atoms with Gasteiger partial charge >= 0.3 is 5.97 Å². The van der Waals surface area contributed by atoms with E-state index in [0.717, 1.165) is 12.1 Å². The molecule has 0 N–H and O–H groups in total. The maximum absolute atomic E-state index is 11.7. The molecule has 4 nitrogen and oxygen atoms in total. The Balaban J connectivity index is 2.59. The molecule has 0 aliphatic carbocycles. The quantitative estimate of drug-likeness (QED) is 0.522. The molecule has 82 valence electrons. The highest BCUT2D eigenvalue weighted by molar-refractivity contribution is 5.93. The Labute approximate surface area is 89.6 Å². The van der Waals surface area contributed by atoms with Crippen molar-refractivity contribution < 1.29 is 14.4 Å². The van der Waals surface area contributed by atoms with Crippen molar-refractivity contribution in [3.8, 4) is 12.3 Å². The predicted molar refractivity (Wildman–Crippen MR) is 56.2 cm³/mol. The van der Waals surface area contributed by atoms with Crippen molar-refractivity contribution in [2.45, 2.75) is 45.3 Å². The third kappa shape index (κ3) is 2.50. The molecule has 1 aliphatic rings. The van der Waals surface area contributed by atoms with E-state index in [2.05, 4.69) is 11.1 Å². The van der Waals surface area contributed by atoms with Gasteiger partial charge in [-0.1, -0.05) is 18.0 Å². The lowest BCUT2D eigenvalue weighted by Crippen LogP contribution is -2.38. The molecule has 0 radical (unpaired) electrons. The van der Waals surface area contributed by atoms with E-state index in [0.29, 0.717) is 6.42 Å². The van der Waals surface area contributed by atoms with E-state index in [1.54, 1.807) is 13.8 Å². The summed E-state index contributed by atoms with van der Waals surface area (Å²) in [7, 11) is 0. The maximum atomic E-state index is 11.7. The lowest BCUT2D eigenvalue weighted by molar-refractivity contribution is -0.169. The topological polar surface area (TPSA) is 47.9 Å². The van der Waals surface area contributed by atoms with E-state index in [4.69, 9.17) is 16.0 Å². The van der Waals surface area contributed by atoms with Crippen LogP contribution in [0, 0.1) is 12.3 Å². The molecule has 0 aromatic heterocycles. The van der Waals surface area contributed by atoms with Crippen LogP contribution in [0.5, 0.6) is 0 Å². The summed E-state index contributed by atoms with van der Waals surface area (Å²) in [5, 5.41) is 3.83. The van der Waals surface area contributed by atoms with Crippen LogP contribution >= 0.6 is 0 Å². The first-order chi connectivity index (χ1) is 7.01. The standard InChI is InChI=1S/C11H15NO3/c1-5-8(3)14-10(13)11(4)7-9(6-2)12-15-11/h1,8H,6-7H2,2-4H3. The second-order valence-electron chi connectivity index (χ2n) is 3.72. The average Bonchev–Trinajstić information content (AvgIpc) is 2.61. The lowest BCUT2D eigenvalue weighted by atomic mass is 9.99. The third-order valence-corrected chi connectivity index (χ3v) is 2.28. The molecule has 1 rings (SSSR count). The first kappa shape index (κ1) is 11.6. The van der Waals surface area contributed by atoms with Crippen molar-refractivity contribution in [2.24, 2.45) is 5.16 Å². The number of nitrogens with zero attached hydrogens (tertiary/aromatic N) is 1. The molecule has 1 heterocycles. The van der Waals surface area contributed by atoms with Crippen LogP contribution in [0.15, 0.2) is 5.16 Å². The summed E-state index contributed by atoms with van der Waals surface area (Å²) in [6.07, 6.45) is 5.82. The van der Waals surface area contributed by atoms with Crippen molar-refractivity contribution in [1.82, 2.24) is 0 Å². The average molecular weight is 209 g/mol. The molecular weight excluding hydrogens is 194 g/mol. The first-order valence-electron chi connectivity index (χ1n) is 4.93. The van der Waals surface area contributed by atoms with Crippen LogP contribution in [0.25, 0.3) is 0 Å². The van der Waals surface area contributed by atoms with E-state index < -0.39 is 17.7 Å². The normalized spacial score (nSPS) is 26.1. The Bertz CT molecular complexity index is 329. The molecule has 1 aliphatic heterocycles. The zero-order valence-corrected chi connectivity index (χ0v) is 9.24. The number of esters is 1. The lowest BCUT2D eigenvalue weighted by Gasteiger charge is -2.20. The van der Waals surface area contributed by atoms with Gasteiger partial charge in [-0.25, -0.2) is 4.79 Å². The van der Waals surface area contributed by atoms with E-state index in [-0.39, 0.29) is 0 Å². The van der Waals surface area contributed by atoms with Gasteiger partial charge < -0.3 is 9.57 Å². The summed E-state index contributed by atoms with van der Waals surface area (Å²) in [5.41, 5.74) is -0.140. The second-order valence-corrected chi connectivity index (χ2v) is 3.72. The van der Waals surface area contributed by atoms with Gasteiger partial charge in [-0.2, -0.15) is 0 Å². The molecule has 2 atom stereocenters. The van der Waals surface area contributed by atoms with Crippen molar-refractivity contribution in [3.05, 3.63) is 0 Å². The van der Waals surface area contributed by atoms with Crippen LogP contribution in [0.4, 0.5) is 0 Å². The van der Waals surface area contributed by atoms with Crippen LogP contribution in [-0.2, 0) is 14.4 Å². The van der Waals surface area contributed by atoms with Gasteiger partial charge in [-0.3, -0.25) is 0 Å². The largest absolute Gasteiger partial charge is 0.446 e. The van der Waals surface area contributed by atoms with E-state index in [1.165, 1.54) is 0 Å². The Morgan fingerprint density at radius 3 is 3.00 bits per heavy atom. The second kappa shape index (κ2) is 4.35. The Kier molecular flexibility index (Phi) is 3.35. The summed E-state index contributed by atoms with van der Waals surface area (Å²) in [6.45, 7) is 5.26. The fourth-order valence-electron chi connectivity index (χ4n) is 1.24. The number of terminal acetylenes is 1. The number of carbonyl (C=O) groups excluding carboxylic acids is 1. The van der Waals surface area contributed by atoms with Gasteiger partial charge in [0.2, 0.25) is 5.60 Å². The monoisotopic (exact) mass is 209 g/mol. The van der Waals surface area contributed by atoms with Gasteiger partial charge in [-0.05, 0) is 20.3 Å². The minimum Gasteiger partial charge on any atom is -0.446 e. The summed E-state index contributed by atoms with van der Waals surface area (Å²) in [5.74, 6) is 1.87. The molecule has 0 fully saturated rings. The molecule has 0 saturated carbocycles. The minimum atomic E-state index is -1.00. The fraction of sp³-hybridized carbons (Fsp3) is 0.636. The molecule has 15 heavy (non-hydrogen) atoms. The minimum absolute atomic E-state index is 0.458. The number of oxime groups is 1. The summed E-state index contributed by atoms with van der Waals surface area (Å²) in [4.78, 5) is 16.8. The van der Waals surface area contributed by atoms with Crippen LogP contribution < -0.4 is 0 Å². The van der Waals surface area contributed by atoms with E-state index in [9.17, 15) is 4.79 Å². The van der Waals surface area contributed by atoms with E-state index in [1.807, 2.05) is 6.92 Å². The molecule has 0 saturated heterocycles. The highest BCUT2D eigenvalue weighted by atomic mass is 16.7. The Morgan fingerprint density at radius 2 is 2.53 bits per heavy atom. The van der Waals surface area contributed by atoms with Gasteiger partial charge in [0.25, 0.3) is 0 Å². The third-order valence-electron chi connectivity index (χ3n) is 2.28. The van der Waals surface area contributed by atoms with Gasteiger partial charge in [0.15, 0.2) is 6.10 Å².